The maximum Gasteiger partial charge on any atom is 0.253 e. The van der Waals surface area contributed by atoms with Crippen LogP contribution >= 0.6 is 0 Å². The number of nitrogens with zero attached hydrogens (tertiary/aromatic N) is 2. The summed E-state index contributed by atoms with van der Waals surface area (Å²) >= 11 is 0. The average molecular weight is 315 g/mol. The largest absolute Gasteiger partial charge is 0.378 e. The van der Waals surface area contributed by atoms with Crippen LogP contribution in [0.15, 0.2) is 6.07 Å². The summed E-state index contributed by atoms with van der Waals surface area (Å²) in [5.41, 5.74) is 2.72. The molecule has 23 heavy (non-hydrogen) atoms. The third-order valence-electron chi connectivity index (χ3n) is 5.46. The normalized spacial score (nSPS) is 22.0. The molecule has 3 heterocycles. The van der Waals surface area contributed by atoms with E-state index < -0.39 is 0 Å². The van der Waals surface area contributed by atoms with Crippen LogP contribution in [0.25, 0.3) is 0 Å². The molecule has 0 bridgehead atoms. The Bertz CT molecular complexity index is 605. The Balaban J connectivity index is 1.37. The first-order valence-electron chi connectivity index (χ1n) is 8.86. The molecule has 1 amide bonds. The zero-order chi connectivity index (χ0) is 15.8. The van der Waals surface area contributed by atoms with E-state index in [0.717, 1.165) is 61.1 Å². The Morgan fingerprint density at radius 3 is 2.78 bits per heavy atom. The van der Waals surface area contributed by atoms with Crippen molar-refractivity contribution in [2.45, 2.75) is 51.7 Å². The Labute approximate surface area is 137 Å². The summed E-state index contributed by atoms with van der Waals surface area (Å²) in [6.45, 7) is 5.54. The van der Waals surface area contributed by atoms with Gasteiger partial charge in [-0.1, -0.05) is 6.42 Å². The van der Waals surface area contributed by atoms with Crippen molar-refractivity contribution in [3.8, 4) is 0 Å². The maximum atomic E-state index is 11.7. The SMILES string of the molecule is Cc1cc2c(nc1N1CCC(OCC3CCC3)CC1)CNC2=O. The van der Waals surface area contributed by atoms with Gasteiger partial charge in [0.05, 0.1) is 23.9 Å². The number of rotatable bonds is 4. The lowest BCUT2D eigenvalue weighted by Gasteiger charge is -2.35. The molecule has 0 unspecified atom stereocenters. The number of carbonyl (C=O) groups excluding carboxylic acids is 1. The molecule has 1 saturated carbocycles. The van der Waals surface area contributed by atoms with Crippen LogP contribution in [0.3, 0.4) is 0 Å². The topological polar surface area (TPSA) is 54.5 Å². The molecule has 1 saturated heterocycles. The number of ether oxygens (including phenoxy) is 1. The van der Waals surface area contributed by atoms with Crippen LogP contribution in [0.5, 0.6) is 0 Å². The van der Waals surface area contributed by atoms with E-state index in [1.807, 2.05) is 13.0 Å². The molecule has 2 fully saturated rings. The van der Waals surface area contributed by atoms with Crippen LogP contribution in [0, 0.1) is 12.8 Å². The Morgan fingerprint density at radius 2 is 2.09 bits per heavy atom. The molecule has 3 aliphatic rings. The molecule has 5 nitrogen and oxygen atoms in total. The van der Waals surface area contributed by atoms with Crippen LogP contribution in [0.4, 0.5) is 5.82 Å². The van der Waals surface area contributed by atoms with Crippen molar-refractivity contribution in [1.82, 2.24) is 10.3 Å². The zero-order valence-electron chi connectivity index (χ0n) is 13.8. The fourth-order valence-electron chi connectivity index (χ4n) is 3.72. The van der Waals surface area contributed by atoms with Crippen molar-refractivity contribution in [2.75, 3.05) is 24.6 Å². The first-order valence-corrected chi connectivity index (χ1v) is 8.86. The Hall–Kier alpha value is -1.62. The van der Waals surface area contributed by atoms with Crippen molar-refractivity contribution in [3.63, 3.8) is 0 Å². The molecular formula is C18H25N3O2. The van der Waals surface area contributed by atoms with Gasteiger partial charge < -0.3 is 15.0 Å². The van der Waals surface area contributed by atoms with E-state index in [1.165, 1.54) is 19.3 Å². The van der Waals surface area contributed by atoms with E-state index in [4.69, 9.17) is 9.72 Å². The molecule has 1 aromatic heterocycles. The molecule has 2 aliphatic heterocycles. The molecule has 0 radical (unpaired) electrons. The minimum absolute atomic E-state index is 0.00486. The molecule has 1 aliphatic carbocycles. The number of fused-ring (bicyclic) bond motifs is 1. The number of hydrogen-bond donors (Lipinski definition) is 1. The van der Waals surface area contributed by atoms with Gasteiger partial charge >= 0.3 is 0 Å². The van der Waals surface area contributed by atoms with Gasteiger partial charge in [0.1, 0.15) is 5.82 Å². The van der Waals surface area contributed by atoms with Gasteiger partial charge in [-0.25, -0.2) is 4.98 Å². The molecule has 0 spiro atoms. The van der Waals surface area contributed by atoms with Gasteiger partial charge in [-0.2, -0.15) is 0 Å². The van der Waals surface area contributed by atoms with Gasteiger partial charge in [-0.15, -0.1) is 0 Å². The average Bonchev–Trinajstić information content (AvgIpc) is 2.86. The number of nitrogens with one attached hydrogen (secondary N) is 1. The van der Waals surface area contributed by atoms with Gasteiger partial charge in [0.25, 0.3) is 5.91 Å². The van der Waals surface area contributed by atoms with Crippen molar-refractivity contribution in [2.24, 2.45) is 5.92 Å². The van der Waals surface area contributed by atoms with Gasteiger partial charge in [-0.05, 0) is 50.2 Å². The minimum Gasteiger partial charge on any atom is -0.378 e. The monoisotopic (exact) mass is 315 g/mol. The summed E-state index contributed by atoms with van der Waals surface area (Å²) < 4.78 is 6.09. The lowest BCUT2D eigenvalue weighted by atomic mass is 9.86. The molecule has 1 aromatic rings. The summed E-state index contributed by atoms with van der Waals surface area (Å²) in [6, 6.07) is 1.99. The first-order chi connectivity index (χ1) is 11.2. The minimum atomic E-state index is 0.00486. The summed E-state index contributed by atoms with van der Waals surface area (Å²) in [5, 5.41) is 2.85. The molecule has 1 N–H and O–H groups in total. The molecule has 0 atom stereocenters. The predicted octanol–water partition coefficient (Wildman–Crippen LogP) is 2.42. The third-order valence-corrected chi connectivity index (χ3v) is 5.46. The van der Waals surface area contributed by atoms with Crippen molar-refractivity contribution >= 4 is 11.7 Å². The van der Waals surface area contributed by atoms with E-state index in [2.05, 4.69) is 10.2 Å². The maximum absolute atomic E-state index is 11.7. The van der Waals surface area contributed by atoms with Crippen LogP contribution in [-0.4, -0.2) is 36.7 Å². The molecule has 5 heteroatoms. The molecule has 124 valence electrons. The summed E-state index contributed by atoms with van der Waals surface area (Å²) in [7, 11) is 0. The quantitative estimate of drug-likeness (QED) is 0.927. The zero-order valence-corrected chi connectivity index (χ0v) is 13.8. The second kappa shape index (κ2) is 6.11. The highest BCUT2D eigenvalue weighted by atomic mass is 16.5. The standard InChI is InChI=1S/C18H25N3O2/c1-12-9-15-16(10-19-18(15)22)20-17(12)21-7-5-14(6-8-21)23-11-13-3-2-4-13/h9,13-14H,2-8,10-11H2,1H3,(H,19,22). The van der Waals surface area contributed by atoms with Crippen LogP contribution in [0.1, 0.15) is 53.7 Å². The number of carbonyl (C=O) groups is 1. The molecule has 0 aromatic carbocycles. The summed E-state index contributed by atoms with van der Waals surface area (Å²) in [6.07, 6.45) is 6.63. The Morgan fingerprint density at radius 1 is 1.30 bits per heavy atom. The number of amides is 1. The number of anilines is 1. The van der Waals surface area contributed by atoms with Gasteiger partial charge in [0, 0.05) is 19.7 Å². The highest BCUT2D eigenvalue weighted by Crippen LogP contribution is 2.29. The van der Waals surface area contributed by atoms with E-state index in [9.17, 15) is 4.79 Å². The van der Waals surface area contributed by atoms with Crippen LogP contribution in [-0.2, 0) is 11.3 Å². The fraction of sp³-hybridized carbons (Fsp3) is 0.667. The first kappa shape index (κ1) is 14.9. The number of aromatic nitrogens is 1. The van der Waals surface area contributed by atoms with Crippen molar-refractivity contribution < 1.29 is 9.53 Å². The summed E-state index contributed by atoms with van der Waals surface area (Å²) in [4.78, 5) is 18.8. The van der Waals surface area contributed by atoms with Crippen LogP contribution in [0.2, 0.25) is 0 Å². The second-order valence-electron chi connectivity index (χ2n) is 7.12. The number of hydrogen-bond acceptors (Lipinski definition) is 4. The van der Waals surface area contributed by atoms with E-state index in [0.29, 0.717) is 12.6 Å². The van der Waals surface area contributed by atoms with E-state index in [-0.39, 0.29) is 5.91 Å². The van der Waals surface area contributed by atoms with Crippen molar-refractivity contribution in [3.05, 3.63) is 22.9 Å². The number of pyridine rings is 1. The van der Waals surface area contributed by atoms with Gasteiger partial charge in [-0.3, -0.25) is 4.79 Å². The summed E-state index contributed by atoms with van der Waals surface area (Å²) in [5.74, 6) is 1.86. The second-order valence-corrected chi connectivity index (χ2v) is 7.12. The van der Waals surface area contributed by atoms with Crippen LogP contribution < -0.4 is 10.2 Å². The predicted molar refractivity (Wildman–Crippen MR) is 88.7 cm³/mol. The van der Waals surface area contributed by atoms with E-state index in [1.54, 1.807) is 0 Å². The molecular weight excluding hydrogens is 290 g/mol. The highest BCUT2D eigenvalue weighted by Gasteiger charge is 2.27. The van der Waals surface area contributed by atoms with E-state index >= 15 is 0 Å². The highest BCUT2D eigenvalue weighted by molar-refractivity contribution is 5.98. The number of aryl methyl sites for hydroxylation is 1. The Kier molecular flexibility index (Phi) is 3.97. The number of piperidine rings is 1. The fourth-order valence-corrected chi connectivity index (χ4v) is 3.72. The molecule has 4 rings (SSSR count). The smallest absolute Gasteiger partial charge is 0.253 e. The third kappa shape index (κ3) is 2.94. The lowest BCUT2D eigenvalue weighted by Crippen LogP contribution is -2.38. The lowest BCUT2D eigenvalue weighted by molar-refractivity contribution is -0.00101. The van der Waals surface area contributed by atoms with Crippen molar-refractivity contribution in [1.29, 1.82) is 0 Å². The van der Waals surface area contributed by atoms with Gasteiger partial charge in [0.15, 0.2) is 0 Å². The van der Waals surface area contributed by atoms with Gasteiger partial charge in [0.2, 0.25) is 0 Å².